The first kappa shape index (κ1) is 19.0. The molecular formula is C20H26N2O3. The minimum absolute atomic E-state index is 0.0675. The van der Waals surface area contributed by atoms with Gasteiger partial charge in [-0.2, -0.15) is 0 Å². The second-order valence-corrected chi connectivity index (χ2v) is 5.93. The average molecular weight is 342 g/mol. The fourth-order valence-electron chi connectivity index (χ4n) is 2.47. The molecule has 0 saturated heterocycles. The molecule has 5 nitrogen and oxygen atoms in total. The minimum Gasteiger partial charge on any atom is -0.491 e. The van der Waals surface area contributed by atoms with Crippen LogP contribution in [0.1, 0.15) is 24.1 Å². The summed E-state index contributed by atoms with van der Waals surface area (Å²) < 4.78 is 10.5. The van der Waals surface area contributed by atoms with E-state index in [1.54, 1.807) is 7.11 Å². The summed E-state index contributed by atoms with van der Waals surface area (Å²) in [5, 5.41) is 2.94. The second-order valence-electron chi connectivity index (χ2n) is 5.93. The van der Waals surface area contributed by atoms with Gasteiger partial charge in [0.1, 0.15) is 12.4 Å². The Kier molecular flexibility index (Phi) is 7.44. The number of carbonyl (C=O) groups is 1. The van der Waals surface area contributed by atoms with Crippen LogP contribution in [0, 0.1) is 5.92 Å². The van der Waals surface area contributed by atoms with Crippen molar-refractivity contribution in [3.05, 3.63) is 65.7 Å². The van der Waals surface area contributed by atoms with Gasteiger partial charge in [0.05, 0.1) is 12.5 Å². The molecule has 0 saturated carbocycles. The highest BCUT2D eigenvalue weighted by Gasteiger charge is 2.21. The van der Waals surface area contributed by atoms with Crippen LogP contribution >= 0.6 is 0 Å². The zero-order valence-corrected chi connectivity index (χ0v) is 14.8. The van der Waals surface area contributed by atoms with Crippen molar-refractivity contribution in [2.24, 2.45) is 11.7 Å². The summed E-state index contributed by atoms with van der Waals surface area (Å²) >= 11 is 0. The standard InChI is InChI=1S/C20H26N2O3/c1-15(19(21)17-8-4-3-5-9-17)20(23)22-14-16-7-6-10-18(13-16)25-12-11-24-2/h3-10,13,15,19H,11-12,14,21H2,1-2H3,(H,22,23). The van der Waals surface area contributed by atoms with Gasteiger partial charge in [0, 0.05) is 19.7 Å². The molecule has 2 atom stereocenters. The fraction of sp³-hybridized carbons (Fsp3) is 0.350. The lowest BCUT2D eigenvalue weighted by molar-refractivity contribution is -0.125. The van der Waals surface area contributed by atoms with Crippen LogP contribution in [0.4, 0.5) is 0 Å². The highest BCUT2D eigenvalue weighted by molar-refractivity contribution is 5.79. The molecule has 2 aromatic rings. The molecule has 3 N–H and O–H groups in total. The number of benzene rings is 2. The summed E-state index contributed by atoms with van der Waals surface area (Å²) in [5.41, 5.74) is 8.14. The average Bonchev–Trinajstić information content (AvgIpc) is 2.66. The third-order valence-electron chi connectivity index (χ3n) is 4.06. The summed E-state index contributed by atoms with van der Waals surface area (Å²) in [6.07, 6.45) is 0. The zero-order valence-electron chi connectivity index (χ0n) is 14.8. The molecule has 1 amide bonds. The highest BCUT2D eigenvalue weighted by Crippen LogP contribution is 2.19. The molecule has 0 aliphatic rings. The maximum Gasteiger partial charge on any atom is 0.225 e. The van der Waals surface area contributed by atoms with Gasteiger partial charge in [0.2, 0.25) is 5.91 Å². The van der Waals surface area contributed by atoms with Gasteiger partial charge in [-0.1, -0.05) is 49.4 Å². The zero-order chi connectivity index (χ0) is 18.1. The van der Waals surface area contributed by atoms with Crippen LogP contribution in [0.5, 0.6) is 5.75 Å². The van der Waals surface area contributed by atoms with Crippen molar-refractivity contribution in [2.45, 2.75) is 19.5 Å². The van der Waals surface area contributed by atoms with Crippen molar-refractivity contribution >= 4 is 5.91 Å². The van der Waals surface area contributed by atoms with Crippen LogP contribution in [0.25, 0.3) is 0 Å². The SMILES string of the molecule is COCCOc1cccc(CNC(=O)C(C)C(N)c2ccccc2)c1. The van der Waals surface area contributed by atoms with Crippen LogP contribution in [-0.4, -0.2) is 26.2 Å². The molecule has 0 aromatic heterocycles. The number of nitrogens with two attached hydrogens (primary N) is 1. The largest absolute Gasteiger partial charge is 0.491 e. The number of ether oxygens (including phenoxy) is 2. The number of hydrogen-bond donors (Lipinski definition) is 2. The number of rotatable bonds is 9. The predicted molar refractivity (Wildman–Crippen MR) is 98.2 cm³/mol. The molecule has 25 heavy (non-hydrogen) atoms. The molecule has 0 aliphatic carbocycles. The molecule has 0 radical (unpaired) electrons. The van der Waals surface area contributed by atoms with Crippen LogP contribution < -0.4 is 15.8 Å². The Labute approximate surface area is 149 Å². The fourth-order valence-corrected chi connectivity index (χ4v) is 2.47. The lowest BCUT2D eigenvalue weighted by Crippen LogP contribution is -2.35. The number of hydrogen-bond acceptors (Lipinski definition) is 4. The Balaban J connectivity index is 1.87. The minimum atomic E-state index is -0.329. The normalized spacial score (nSPS) is 13.1. The van der Waals surface area contributed by atoms with E-state index in [0.717, 1.165) is 16.9 Å². The Hall–Kier alpha value is -2.37. The molecule has 0 aliphatic heterocycles. The van der Waals surface area contributed by atoms with Crippen LogP contribution in [-0.2, 0) is 16.1 Å². The van der Waals surface area contributed by atoms with E-state index in [0.29, 0.717) is 19.8 Å². The van der Waals surface area contributed by atoms with Crippen LogP contribution in [0.2, 0.25) is 0 Å². The maximum atomic E-state index is 12.4. The molecule has 0 bridgehead atoms. The second kappa shape index (κ2) is 9.81. The molecule has 2 rings (SSSR count). The van der Waals surface area contributed by atoms with Crippen molar-refractivity contribution in [2.75, 3.05) is 20.3 Å². The first-order chi connectivity index (χ1) is 12.1. The first-order valence-corrected chi connectivity index (χ1v) is 8.40. The number of methoxy groups -OCH3 is 1. The number of amides is 1. The molecule has 0 spiro atoms. The van der Waals surface area contributed by atoms with Crippen molar-refractivity contribution in [1.82, 2.24) is 5.32 Å². The molecule has 134 valence electrons. The first-order valence-electron chi connectivity index (χ1n) is 8.40. The summed E-state index contributed by atoms with van der Waals surface area (Å²) in [4.78, 5) is 12.4. The molecule has 5 heteroatoms. The molecular weight excluding hydrogens is 316 g/mol. The van der Waals surface area contributed by atoms with Crippen molar-refractivity contribution in [3.63, 3.8) is 0 Å². The smallest absolute Gasteiger partial charge is 0.225 e. The Bertz CT molecular complexity index is 661. The summed E-state index contributed by atoms with van der Waals surface area (Å²) in [6, 6.07) is 17.0. The Morgan fingerprint density at radius 3 is 2.60 bits per heavy atom. The molecule has 0 heterocycles. The van der Waals surface area contributed by atoms with E-state index in [4.69, 9.17) is 15.2 Å². The van der Waals surface area contributed by atoms with Gasteiger partial charge in [-0.25, -0.2) is 0 Å². The van der Waals surface area contributed by atoms with Gasteiger partial charge in [0.25, 0.3) is 0 Å². The summed E-state index contributed by atoms with van der Waals surface area (Å²) in [7, 11) is 1.64. The Morgan fingerprint density at radius 2 is 1.88 bits per heavy atom. The Morgan fingerprint density at radius 1 is 1.12 bits per heavy atom. The van der Waals surface area contributed by atoms with Gasteiger partial charge < -0.3 is 20.5 Å². The van der Waals surface area contributed by atoms with E-state index in [1.807, 2.05) is 61.5 Å². The monoisotopic (exact) mass is 342 g/mol. The van der Waals surface area contributed by atoms with Gasteiger partial charge in [-0.15, -0.1) is 0 Å². The van der Waals surface area contributed by atoms with Gasteiger partial charge in [0.15, 0.2) is 0 Å². The highest BCUT2D eigenvalue weighted by atomic mass is 16.5. The third kappa shape index (κ3) is 5.89. The lowest BCUT2D eigenvalue weighted by atomic mass is 9.94. The third-order valence-corrected chi connectivity index (χ3v) is 4.06. The van der Waals surface area contributed by atoms with Gasteiger partial charge in [-0.3, -0.25) is 4.79 Å². The quantitative estimate of drug-likeness (QED) is 0.687. The number of nitrogens with one attached hydrogen (secondary N) is 1. The molecule has 2 aromatic carbocycles. The lowest BCUT2D eigenvalue weighted by Gasteiger charge is -2.20. The van der Waals surface area contributed by atoms with Crippen molar-refractivity contribution in [3.8, 4) is 5.75 Å². The molecule has 2 unspecified atom stereocenters. The summed E-state index contributed by atoms with van der Waals surface area (Å²) in [5.74, 6) is 0.378. The van der Waals surface area contributed by atoms with Crippen LogP contribution in [0.3, 0.4) is 0 Å². The van der Waals surface area contributed by atoms with Crippen molar-refractivity contribution < 1.29 is 14.3 Å². The summed E-state index contributed by atoms with van der Waals surface area (Å²) in [6.45, 7) is 3.31. The number of carbonyl (C=O) groups excluding carboxylic acids is 1. The van der Waals surface area contributed by atoms with Crippen LogP contribution in [0.15, 0.2) is 54.6 Å². The van der Waals surface area contributed by atoms with E-state index in [1.165, 1.54) is 0 Å². The topological polar surface area (TPSA) is 73.6 Å². The van der Waals surface area contributed by atoms with Gasteiger partial charge in [-0.05, 0) is 23.3 Å². The van der Waals surface area contributed by atoms with E-state index >= 15 is 0 Å². The van der Waals surface area contributed by atoms with E-state index in [9.17, 15) is 4.79 Å². The van der Waals surface area contributed by atoms with Gasteiger partial charge >= 0.3 is 0 Å². The van der Waals surface area contributed by atoms with E-state index in [-0.39, 0.29) is 17.9 Å². The van der Waals surface area contributed by atoms with E-state index in [2.05, 4.69) is 5.32 Å². The van der Waals surface area contributed by atoms with Crippen molar-refractivity contribution in [1.29, 1.82) is 0 Å². The predicted octanol–water partition coefficient (Wildman–Crippen LogP) is 2.66. The van der Waals surface area contributed by atoms with E-state index < -0.39 is 0 Å². The maximum absolute atomic E-state index is 12.4. The molecule has 0 fully saturated rings.